The number of carbonyl (C=O) groups is 1. The summed E-state index contributed by atoms with van der Waals surface area (Å²) in [4.78, 5) is 9.54. The molecule has 0 spiro atoms. The van der Waals surface area contributed by atoms with E-state index in [0.717, 1.165) is 0 Å². The van der Waals surface area contributed by atoms with Gasteiger partial charge in [-0.2, -0.15) is 8.42 Å². The Labute approximate surface area is 252 Å². The van der Waals surface area contributed by atoms with E-state index in [0.29, 0.717) is 24.2 Å². The average molecular weight is 638 g/mol. The van der Waals surface area contributed by atoms with Crippen LogP contribution in [0, 0.1) is 0 Å². The number of aromatic hydroxyl groups is 4. The second-order valence-electron chi connectivity index (χ2n) is 11.2. The fourth-order valence-corrected chi connectivity index (χ4v) is 2.81. The maximum absolute atomic E-state index is 9.85. The second-order valence-corrected chi connectivity index (χ2v) is 12.1. The Morgan fingerprint density at radius 1 is 0.698 bits per heavy atom. The number of hydrogen-bond donors (Lipinski definition) is 12. The molecule has 0 radical (unpaired) electrons. The van der Waals surface area contributed by atoms with Crippen LogP contribution in [0.3, 0.4) is 0 Å². The van der Waals surface area contributed by atoms with Gasteiger partial charge in [0.1, 0.15) is 23.0 Å². The molecule has 0 fully saturated rings. The van der Waals surface area contributed by atoms with E-state index < -0.39 is 28.6 Å². The molecule has 0 aliphatic heterocycles. The highest BCUT2D eigenvalue weighted by Crippen LogP contribution is 2.26. The summed E-state index contributed by atoms with van der Waals surface area (Å²) in [5.41, 5.74) is 0.822. The van der Waals surface area contributed by atoms with E-state index in [1.807, 2.05) is 41.5 Å². The molecule has 12 N–H and O–H groups in total. The number of aliphatic carboxylic acids is 1. The van der Waals surface area contributed by atoms with Crippen molar-refractivity contribution in [2.24, 2.45) is 0 Å². The van der Waals surface area contributed by atoms with Crippen LogP contribution >= 0.6 is 0 Å². The zero-order valence-corrected chi connectivity index (χ0v) is 26.2. The third kappa shape index (κ3) is 27.4. The molecule has 0 amide bonds. The largest absolute Gasteiger partial charge is 0.508 e. The molecule has 2 atom stereocenters. The minimum atomic E-state index is -4.67. The van der Waals surface area contributed by atoms with E-state index in [9.17, 15) is 35.4 Å². The Bertz CT molecular complexity index is 1090. The Morgan fingerprint density at radius 2 is 0.953 bits per heavy atom. The number of carboxylic acids is 1. The minimum absolute atomic E-state index is 0.0417. The maximum Gasteiger partial charge on any atom is 0.394 e. The van der Waals surface area contributed by atoms with Gasteiger partial charge in [0.25, 0.3) is 0 Å². The molecule has 2 aromatic rings. The topological polar surface area (TPSA) is 269 Å². The van der Waals surface area contributed by atoms with Crippen LogP contribution in [-0.4, -0.2) is 97.0 Å². The molecule has 16 heteroatoms. The van der Waals surface area contributed by atoms with Crippen molar-refractivity contribution in [2.75, 3.05) is 26.7 Å². The lowest BCUT2D eigenvalue weighted by molar-refractivity contribution is -0.135. The van der Waals surface area contributed by atoms with E-state index in [2.05, 4.69) is 16.0 Å². The van der Waals surface area contributed by atoms with Crippen LogP contribution in [0.2, 0.25) is 0 Å². The molecular weight excluding hydrogens is 590 g/mol. The molecule has 0 aliphatic carbocycles. The number of rotatable bonds is 8. The van der Waals surface area contributed by atoms with Crippen molar-refractivity contribution in [1.82, 2.24) is 16.0 Å². The first-order valence-electron chi connectivity index (χ1n) is 12.8. The number of phenols is 4. The number of benzene rings is 2. The minimum Gasteiger partial charge on any atom is -0.508 e. The normalized spacial score (nSPS) is 12.7. The molecule has 0 aliphatic rings. The fraction of sp³-hybridized carbons (Fsp3) is 0.519. The van der Waals surface area contributed by atoms with Gasteiger partial charge in [0.05, 0.1) is 18.8 Å². The number of carboxylic acid groups (broad SMARTS) is 1. The highest BCUT2D eigenvalue weighted by molar-refractivity contribution is 7.79. The smallest absolute Gasteiger partial charge is 0.394 e. The van der Waals surface area contributed by atoms with Gasteiger partial charge in [-0.05, 0) is 84.0 Å². The highest BCUT2D eigenvalue weighted by Gasteiger charge is 2.15. The third-order valence-corrected chi connectivity index (χ3v) is 4.60. The van der Waals surface area contributed by atoms with Gasteiger partial charge in [0.2, 0.25) is 0 Å². The summed E-state index contributed by atoms with van der Waals surface area (Å²) in [6, 6.07) is 8.22. The molecule has 0 saturated heterocycles. The lowest BCUT2D eigenvalue weighted by atomic mass is 10.1. The van der Waals surface area contributed by atoms with Crippen LogP contribution in [0.25, 0.3) is 0 Å². The van der Waals surface area contributed by atoms with Crippen molar-refractivity contribution in [1.29, 1.82) is 0 Å². The van der Waals surface area contributed by atoms with Gasteiger partial charge in [-0.3, -0.25) is 13.9 Å². The molecular formula is C27H47N3O12S. The SMILES string of the molecule is CC(C)(C)NCC(O)c1cc(O)cc(O)c1.CC(C)(C)NCC(O)c1cc(O)cc(O)c1.CNCC(=O)O.O=S(=O)(O)O. The first-order chi connectivity index (χ1) is 19.3. The summed E-state index contributed by atoms with van der Waals surface area (Å²) in [6.45, 7) is 12.8. The number of nitrogens with one attached hydrogen (secondary N) is 3. The van der Waals surface area contributed by atoms with E-state index in [1.165, 1.54) is 36.4 Å². The summed E-state index contributed by atoms with van der Waals surface area (Å²) >= 11 is 0. The second kappa shape index (κ2) is 19.1. The predicted molar refractivity (Wildman–Crippen MR) is 161 cm³/mol. The molecule has 0 bridgehead atoms. The Balaban J connectivity index is 0. The summed E-state index contributed by atoms with van der Waals surface area (Å²) in [7, 11) is -3.08. The average Bonchev–Trinajstić information content (AvgIpc) is 2.78. The highest BCUT2D eigenvalue weighted by atomic mass is 32.3. The number of likely N-dealkylation sites (N-methyl/N-ethyl adjacent to an activating group) is 1. The number of aliphatic hydroxyl groups is 2. The molecule has 43 heavy (non-hydrogen) atoms. The van der Waals surface area contributed by atoms with Crippen LogP contribution < -0.4 is 16.0 Å². The Kier molecular flexibility index (Phi) is 18.7. The zero-order chi connectivity index (χ0) is 34.2. The van der Waals surface area contributed by atoms with Gasteiger partial charge < -0.3 is 51.7 Å². The number of phenolic OH excluding ortho intramolecular Hbond substituents is 4. The molecule has 248 valence electrons. The van der Waals surface area contributed by atoms with E-state index in [4.69, 9.17) is 22.6 Å². The van der Waals surface area contributed by atoms with E-state index in [-0.39, 0.29) is 40.6 Å². The van der Waals surface area contributed by atoms with Gasteiger partial charge in [0.15, 0.2) is 0 Å². The van der Waals surface area contributed by atoms with Crippen LogP contribution in [0.1, 0.15) is 64.9 Å². The zero-order valence-electron chi connectivity index (χ0n) is 25.4. The standard InChI is InChI=1S/2C12H19NO3.C3H7NO2.H2O4S/c2*1-12(2,3)13-7-11(16)8-4-9(14)6-10(15)5-8;1-4-2-3(5)6;1-5(2,3)4/h2*4-6,11,13-16H,7H2,1-3H3;4H,2H2,1H3,(H,5,6);(H2,1,2,3,4). The molecule has 0 heterocycles. The van der Waals surface area contributed by atoms with Crippen LogP contribution in [0.5, 0.6) is 23.0 Å². The molecule has 2 unspecified atom stereocenters. The lowest BCUT2D eigenvalue weighted by Gasteiger charge is -2.23. The van der Waals surface area contributed by atoms with Crippen LogP contribution in [-0.2, 0) is 15.2 Å². The van der Waals surface area contributed by atoms with Crippen molar-refractivity contribution < 1.29 is 58.1 Å². The van der Waals surface area contributed by atoms with E-state index in [1.54, 1.807) is 7.05 Å². The van der Waals surface area contributed by atoms with Gasteiger partial charge in [-0.25, -0.2) is 0 Å². The Hall–Kier alpha value is -3.22. The van der Waals surface area contributed by atoms with Crippen LogP contribution in [0.4, 0.5) is 0 Å². The molecule has 2 aromatic carbocycles. The van der Waals surface area contributed by atoms with Crippen molar-refractivity contribution in [3.8, 4) is 23.0 Å². The van der Waals surface area contributed by atoms with Crippen molar-refractivity contribution in [2.45, 2.75) is 64.8 Å². The summed E-state index contributed by atoms with van der Waals surface area (Å²) in [5, 5.41) is 73.4. The number of β-amino-alcohol motifs (C(OH)–C–C–N with tert-alkyl or cyclic N) is 2. The molecule has 0 saturated carbocycles. The fourth-order valence-electron chi connectivity index (χ4n) is 2.81. The summed E-state index contributed by atoms with van der Waals surface area (Å²) < 4.78 is 31.6. The van der Waals surface area contributed by atoms with Gasteiger partial charge >= 0.3 is 16.4 Å². The predicted octanol–water partition coefficient (Wildman–Crippen LogP) is 1.68. The van der Waals surface area contributed by atoms with Gasteiger partial charge in [-0.1, -0.05) is 0 Å². The number of hydrogen-bond acceptors (Lipinski definition) is 12. The van der Waals surface area contributed by atoms with Crippen molar-refractivity contribution >= 4 is 16.4 Å². The quantitative estimate of drug-likeness (QED) is 0.184. The summed E-state index contributed by atoms with van der Waals surface area (Å²) in [5.74, 6) is -1.03. The summed E-state index contributed by atoms with van der Waals surface area (Å²) in [6.07, 6.45) is -1.51. The monoisotopic (exact) mass is 637 g/mol. The first kappa shape index (κ1) is 41.9. The number of aliphatic hydroxyl groups excluding tert-OH is 2. The molecule has 2 rings (SSSR count). The van der Waals surface area contributed by atoms with E-state index >= 15 is 0 Å². The van der Waals surface area contributed by atoms with Crippen LogP contribution in [0.15, 0.2) is 36.4 Å². The van der Waals surface area contributed by atoms with Crippen molar-refractivity contribution in [3.05, 3.63) is 47.5 Å². The van der Waals surface area contributed by atoms with Crippen molar-refractivity contribution in [3.63, 3.8) is 0 Å². The maximum atomic E-state index is 9.85. The lowest BCUT2D eigenvalue weighted by Crippen LogP contribution is -2.38. The molecule has 15 nitrogen and oxygen atoms in total. The van der Waals surface area contributed by atoms with Gasteiger partial charge in [-0.15, -0.1) is 0 Å². The third-order valence-electron chi connectivity index (χ3n) is 4.60. The van der Waals surface area contributed by atoms with Gasteiger partial charge in [0, 0.05) is 36.3 Å². The molecule has 0 aromatic heterocycles. The first-order valence-corrected chi connectivity index (χ1v) is 14.2. The Morgan fingerprint density at radius 3 is 1.12 bits per heavy atom.